The Labute approximate surface area is 172 Å². The topological polar surface area (TPSA) is 53.1 Å². The molecule has 2 aliphatic heterocycles. The van der Waals surface area contributed by atoms with E-state index < -0.39 is 5.41 Å². The zero-order chi connectivity index (χ0) is 20.9. The summed E-state index contributed by atoms with van der Waals surface area (Å²) in [6, 6.07) is 6.32. The van der Waals surface area contributed by atoms with Crippen molar-refractivity contribution in [1.82, 2.24) is 14.7 Å². The van der Waals surface area contributed by atoms with Crippen LogP contribution >= 0.6 is 0 Å². The van der Waals surface area contributed by atoms with Crippen LogP contribution in [0.4, 0.5) is 4.39 Å². The van der Waals surface area contributed by atoms with Crippen molar-refractivity contribution in [1.29, 1.82) is 0 Å². The number of nitrogens with zero attached hydrogens (tertiary/aromatic N) is 3. The number of carbonyl (C=O) groups excluding carboxylic acids is 2. The van der Waals surface area contributed by atoms with E-state index in [4.69, 9.17) is 4.74 Å². The van der Waals surface area contributed by atoms with Gasteiger partial charge in [0, 0.05) is 52.5 Å². The molecule has 6 nitrogen and oxygen atoms in total. The Hall–Kier alpha value is -1.99. The molecule has 1 aromatic rings. The highest BCUT2D eigenvalue weighted by Gasteiger charge is 2.44. The summed E-state index contributed by atoms with van der Waals surface area (Å²) in [5, 5.41) is 0. The largest absolute Gasteiger partial charge is 0.381 e. The second-order valence-corrected chi connectivity index (χ2v) is 7.84. The van der Waals surface area contributed by atoms with Crippen LogP contribution in [-0.4, -0.2) is 85.5 Å². The Kier molecular flexibility index (Phi) is 7.24. The molecule has 0 spiro atoms. The summed E-state index contributed by atoms with van der Waals surface area (Å²) < 4.78 is 18.9. The van der Waals surface area contributed by atoms with E-state index in [1.54, 1.807) is 12.1 Å². The van der Waals surface area contributed by atoms with Gasteiger partial charge in [0.15, 0.2) is 0 Å². The van der Waals surface area contributed by atoms with Crippen LogP contribution in [0.3, 0.4) is 0 Å². The third-order valence-corrected chi connectivity index (χ3v) is 6.29. The van der Waals surface area contributed by atoms with Gasteiger partial charge in [-0.15, -0.1) is 0 Å². The van der Waals surface area contributed by atoms with Crippen LogP contribution < -0.4 is 0 Å². The molecule has 2 heterocycles. The van der Waals surface area contributed by atoms with Gasteiger partial charge in [0.1, 0.15) is 5.82 Å². The summed E-state index contributed by atoms with van der Waals surface area (Å²) in [5.74, 6) is -0.0565. The molecule has 2 saturated heterocycles. The lowest BCUT2D eigenvalue weighted by molar-refractivity contribution is -0.143. The van der Waals surface area contributed by atoms with Crippen LogP contribution in [0.5, 0.6) is 0 Å². The smallest absolute Gasteiger partial charge is 0.236 e. The fourth-order valence-electron chi connectivity index (χ4n) is 4.39. The number of hydrogen-bond acceptors (Lipinski definition) is 4. The van der Waals surface area contributed by atoms with Gasteiger partial charge in [-0.05, 0) is 44.4 Å². The minimum Gasteiger partial charge on any atom is -0.381 e. The predicted molar refractivity (Wildman–Crippen MR) is 109 cm³/mol. The molecular weight excluding hydrogens is 373 g/mol. The van der Waals surface area contributed by atoms with E-state index in [1.165, 1.54) is 12.1 Å². The molecule has 1 aromatic carbocycles. The summed E-state index contributed by atoms with van der Waals surface area (Å²) in [5.41, 5.74) is 0.219. The van der Waals surface area contributed by atoms with Gasteiger partial charge >= 0.3 is 0 Å². The second-order valence-electron chi connectivity index (χ2n) is 7.84. The number of ether oxygens (including phenoxy) is 1. The number of benzene rings is 1. The zero-order valence-corrected chi connectivity index (χ0v) is 17.5. The van der Waals surface area contributed by atoms with Gasteiger partial charge in [-0.25, -0.2) is 4.39 Å². The van der Waals surface area contributed by atoms with Gasteiger partial charge in [-0.1, -0.05) is 12.1 Å². The third-order valence-electron chi connectivity index (χ3n) is 6.29. The first-order valence-electron chi connectivity index (χ1n) is 10.6. The van der Waals surface area contributed by atoms with Crippen molar-refractivity contribution in [2.45, 2.75) is 32.1 Å². The van der Waals surface area contributed by atoms with E-state index in [1.807, 2.05) is 23.6 Å². The molecule has 0 radical (unpaired) electrons. The number of piperazine rings is 1. The highest BCUT2D eigenvalue weighted by atomic mass is 19.1. The van der Waals surface area contributed by atoms with Crippen molar-refractivity contribution < 1.29 is 18.7 Å². The summed E-state index contributed by atoms with van der Waals surface area (Å²) in [6.07, 6.45) is 1.22. The number of likely N-dealkylation sites (N-methyl/N-ethyl adjacent to an activating group) is 1. The maximum atomic E-state index is 13.6. The molecular formula is C22H32FN3O3. The van der Waals surface area contributed by atoms with Crippen molar-refractivity contribution in [2.24, 2.45) is 0 Å². The Morgan fingerprint density at radius 1 is 1.03 bits per heavy atom. The molecule has 2 fully saturated rings. The third kappa shape index (κ3) is 4.78. The van der Waals surface area contributed by atoms with Crippen LogP contribution in [0.2, 0.25) is 0 Å². The summed E-state index contributed by atoms with van der Waals surface area (Å²) in [6.45, 7) is 9.46. The highest BCUT2D eigenvalue weighted by Crippen LogP contribution is 2.37. The van der Waals surface area contributed by atoms with E-state index in [2.05, 4.69) is 4.90 Å². The van der Waals surface area contributed by atoms with Crippen molar-refractivity contribution >= 4 is 11.8 Å². The van der Waals surface area contributed by atoms with Crippen molar-refractivity contribution in [3.8, 4) is 0 Å². The molecule has 0 atom stereocenters. The number of carbonyl (C=O) groups is 2. The predicted octanol–water partition coefficient (Wildman–Crippen LogP) is 1.89. The van der Waals surface area contributed by atoms with E-state index >= 15 is 0 Å². The summed E-state index contributed by atoms with van der Waals surface area (Å²) in [7, 11) is 0. The highest BCUT2D eigenvalue weighted by molar-refractivity contribution is 5.88. The number of amides is 2. The van der Waals surface area contributed by atoms with Gasteiger partial charge in [0.2, 0.25) is 11.8 Å². The van der Waals surface area contributed by atoms with Gasteiger partial charge in [-0.3, -0.25) is 14.5 Å². The maximum Gasteiger partial charge on any atom is 0.236 e. The minimum absolute atomic E-state index is 0.0992. The molecule has 160 valence electrons. The first kappa shape index (κ1) is 21.7. The number of rotatable bonds is 6. The molecule has 2 aliphatic rings. The van der Waals surface area contributed by atoms with Gasteiger partial charge in [0.05, 0.1) is 12.0 Å². The lowest BCUT2D eigenvalue weighted by Gasteiger charge is -2.43. The molecule has 0 bridgehead atoms. The fourth-order valence-corrected chi connectivity index (χ4v) is 4.39. The van der Waals surface area contributed by atoms with Crippen molar-refractivity contribution in [2.75, 3.05) is 59.0 Å². The van der Waals surface area contributed by atoms with E-state index in [0.717, 1.165) is 18.7 Å². The Balaban J connectivity index is 1.66. The molecule has 0 aliphatic carbocycles. The number of hydrogen-bond donors (Lipinski definition) is 0. The molecule has 0 N–H and O–H groups in total. The molecule has 0 saturated carbocycles. The van der Waals surface area contributed by atoms with Crippen LogP contribution in [0, 0.1) is 5.82 Å². The molecule has 0 aromatic heterocycles. The molecule has 29 heavy (non-hydrogen) atoms. The first-order valence-corrected chi connectivity index (χ1v) is 10.6. The Morgan fingerprint density at radius 2 is 1.62 bits per heavy atom. The standard InChI is InChI=1S/C22H32FN3O3/c1-3-25(4-2)20(27)17-24-11-13-26(14-12-24)21(28)22(9-15-29-16-10-22)18-5-7-19(23)8-6-18/h5-8H,3-4,9-17H2,1-2H3. The maximum absolute atomic E-state index is 13.6. The summed E-state index contributed by atoms with van der Waals surface area (Å²) in [4.78, 5) is 31.8. The zero-order valence-electron chi connectivity index (χ0n) is 17.5. The average Bonchev–Trinajstić information content (AvgIpc) is 2.75. The lowest BCUT2D eigenvalue weighted by Crippen LogP contribution is -2.57. The van der Waals surface area contributed by atoms with Crippen molar-refractivity contribution in [3.05, 3.63) is 35.6 Å². The van der Waals surface area contributed by atoms with Crippen LogP contribution in [-0.2, 0) is 19.7 Å². The molecule has 3 rings (SSSR count). The van der Waals surface area contributed by atoms with E-state index in [-0.39, 0.29) is 17.6 Å². The first-order chi connectivity index (χ1) is 14.0. The van der Waals surface area contributed by atoms with Gasteiger partial charge in [0.25, 0.3) is 0 Å². The Morgan fingerprint density at radius 3 is 2.17 bits per heavy atom. The lowest BCUT2D eigenvalue weighted by atomic mass is 9.73. The second kappa shape index (κ2) is 9.67. The summed E-state index contributed by atoms with van der Waals surface area (Å²) >= 11 is 0. The normalized spacial score (nSPS) is 19.8. The Bertz CT molecular complexity index is 692. The van der Waals surface area contributed by atoms with Crippen molar-refractivity contribution in [3.63, 3.8) is 0 Å². The van der Waals surface area contributed by atoms with Crippen LogP contribution in [0.15, 0.2) is 24.3 Å². The SMILES string of the molecule is CCN(CC)C(=O)CN1CCN(C(=O)C2(c3ccc(F)cc3)CCOCC2)CC1. The molecule has 0 unspecified atom stereocenters. The van der Waals surface area contributed by atoms with E-state index in [0.29, 0.717) is 58.8 Å². The molecule has 2 amide bonds. The van der Waals surface area contributed by atoms with Crippen LogP contribution in [0.1, 0.15) is 32.3 Å². The molecule has 7 heteroatoms. The number of halogens is 1. The van der Waals surface area contributed by atoms with Gasteiger partial charge < -0.3 is 14.5 Å². The fraction of sp³-hybridized carbons (Fsp3) is 0.636. The van der Waals surface area contributed by atoms with Gasteiger partial charge in [-0.2, -0.15) is 0 Å². The quantitative estimate of drug-likeness (QED) is 0.725. The average molecular weight is 406 g/mol. The van der Waals surface area contributed by atoms with E-state index in [9.17, 15) is 14.0 Å². The monoisotopic (exact) mass is 405 g/mol. The minimum atomic E-state index is -0.648. The van der Waals surface area contributed by atoms with Crippen LogP contribution in [0.25, 0.3) is 0 Å².